The third-order valence-corrected chi connectivity index (χ3v) is 3.33. The Morgan fingerprint density at radius 2 is 1.67 bits per heavy atom. The van der Waals surface area contributed by atoms with Crippen LogP contribution in [0, 0.1) is 6.92 Å². The average Bonchev–Trinajstić information content (AvgIpc) is 2.52. The zero-order valence-corrected chi connectivity index (χ0v) is 11.8. The first kappa shape index (κ1) is 12.7. The van der Waals surface area contributed by atoms with E-state index in [1.165, 1.54) is 5.56 Å². The van der Waals surface area contributed by atoms with Crippen LogP contribution in [-0.4, -0.2) is 9.55 Å². The Morgan fingerprint density at radius 3 is 2.06 bits per heavy atom. The second-order valence-corrected chi connectivity index (χ2v) is 5.79. The summed E-state index contributed by atoms with van der Waals surface area (Å²) in [5.41, 5.74) is 10.6. The molecule has 1 heterocycles. The summed E-state index contributed by atoms with van der Waals surface area (Å²) in [6.07, 6.45) is 0. The first-order chi connectivity index (χ1) is 8.30. The smallest absolute Gasteiger partial charge is 0.200 e. The Hall–Kier alpha value is -1.77. The van der Waals surface area contributed by atoms with Gasteiger partial charge in [-0.15, -0.1) is 0 Å². The van der Waals surface area contributed by atoms with Crippen molar-refractivity contribution < 1.29 is 0 Å². The Balaban J connectivity index is 2.47. The standard InChI is InChI=1S/C15H21N3/c1-10-13(18(5)14(16)17-10)11-6-8-12(9-7-11)15(2,3)4/h6-9H,1-5H3,(H2,16,17). The van der Waals surface area contributed by atoms with Crippen molar-refractivity contribution in [3.8, 4) is 11.3 Å². The molecule has 0 saturated carbocycles. The zero-order valence-electron chi connectivity index (χ0n) is 11.8. The van der Waals surface area contributed by atoms with Crippen molar-refractivity contribution in [2.24, 2.45) is 7.05 Å². The predicted molar refractivity (Wildman–Crippen MR) is 76.5 cm³/mol. The topological polar surface area (TPSA) is 43.8 Å². The Morgan fingerprint density at radius 1 is 1.11 bits per heavy atom. The molecule has 96 valence electrons. The maximum Gasteiger partial charge on any atom is 0.200 e. The van der Waals surface area contributed by atoms with E-state index in [9.17, 15) is 0 Å². The maximum atomic E-state index is 5.83. The lowest BCUT2D eigenvalue weighted by Crippen LogP contribution is -2.10. The highest BCUT2D eigenvalue weighted by molar-refractivity contribution is 5.65. The molecule has 0 saturated heterocycles. The van der Waals surface area contributed by atoms with E-state index in [4.69, 9.17) is 5.73 Å². The number of rotatable bonds is 1. The van der Waals surface area contributed by atoms with Crippen molar-refractivity contribution in [3.63, 3.8) is 0 Å². The molecule has 2 rings (SSSR count). The van der Waals surface area contributed by atoms with Crippen LogP contribution in [0.1, 0.15) is 32.0 Å². The van der Waals surface area contributed by atoms with Crippen molar-refractivity contribution >= 4 is 5.95 Å². The quantitative estimate of drug-likeness (QED) is 0.835. The molecule has 0 bridgehead atoms. The van der Waals surface area contributed by atoms with Crippen molar-refractivity contribution in [2.45, 2.75) is 33.1 Å². The van der Waals surface area contributed by atoms with E-state index >= 15 is 0 Å². The van der Waals surface area contributed by atoms with E-state index < -0.39 is 0 Å². The van der Waals surface area contributed by atoms with E-state index in [-0.39, 0.29) is 5.41 Å². The number of hydrogen-bond acceptors (Lipinski definition) is 2. The van der Waals surface area contributed by atoms with Gasteiger partial charge in [0.1, 0.15) is 0 Å². The normalized spacial score (nSPS) is 11.8. The molecular weight excluding hydrogens is 222 g/mol. The molecule has 0 atom stereocenters. The molecule has 3 nitrogen and oxygen atoms in total. The number of anilines is 1. The van der Waals surface area contributed by atoms with Gasteiger partial charge in [-0.1, -0.05) is 45.0 Å². The lowest BCUT2D eigenvalue weighted by Gasteiger charge is -2.19. The fraction of sp³-hybridized carbons (Fsp3) is 0.400. The molecule has 2 N–H and O–H groups in total. The third-order valence-electron chi connectivity index (χ3n) is 3.33. The number of aromatic nitrogens is 2. The van der Waals surface area contributed by atoms with Crippen LogP contribution in [0.4, 0.5) is 5.95 Å². The van der Waals surface area contributed by atoms with Gasteiger partial charge in [-0.2, -0.15) is 0 Å². The Labute approximate surface area is 109 Å². The molecule has 1 aromatic carbocycles. The van der Waals surface area contributed by atoms with Crippen LogP contribution >= 0.6 is 0 Å². The molecule has 18 heavy (non-hydrogen) atoms. The number of nitrogens with zero attached hydrogens (tertiary/aromatic N) is 2. The van der Waals surface area contributed by atoms with Gasteiger partial charge in [-0.25, -0.2) is 4.98 Å². The molecule has 0 unspecified atom stereocenters. The lowest BCUT2D eigenvalue weighted by atomic mass is 9.86. The largest absolute Gasteiger partial charge is 0.369 e. The number of aryl methyl sites for hydroxylation is 1. The summed E-state index contributed by atoms with van der Waals surface area (Å²) in [4.78, 5) is 4.30. The minimum absolute atomic E-state index is 0.180. The molecular formula is C15H21N3. The number of nitrogens with two attached hydrogens (primary N) is 1. The van der Waals surface area contributed by atoms with Crippen LogP contribution in [0.15, 0.2) is 24.3 Å². The van der Waals surface area contributed by atoms with Gasteiger partial charge in [0.15, 0.2) is 0 Å². The molecule has 0 aliphatic heterocycles. The molecule has 0 fully saturated rings. The molecule has 0 aliphatic rings. The van der Waals surface area contributed by atoms with Crippen LogP contribution in [0.2, 0.25) is 0 Å². The first-order valence-electron chi connectivity index (χ1n) is 6.20. The van der Waals surface area contributed by atoms with Crippen LogP contribution < -0.4 is 5.73 Å². The molecule has 0 aliphatic carbocycles. The van der Waals surface area contributed by atoms with Crippen molar-refractivity contribution in [1.82, 2.24) is 9.55 Å². The minimum atomic E-state index is 0.180. The van der Waals surface area contributed by atoms with Crippen molar-refractivity contribution in [1.29, 1.82) is 0 Å². The SMILES string of the molecule is Cc1nc(N)n(C)c1-c1ccc(C(C)(C)C)cc1. The second kappa shape index (κ2) is 4.16. The van der Waals surface area contributed by atoms with Gasteiger partial charge in [0, 0.05) is 12.6 Å². The van der Waals surface area contributed by atoms with Crippen LogP contribution in [-0.2, 0) is 12.5 Å². The molecule has 1 aromatic heterocycles. The molecule has 0 spiro atoms. The number of imidazole rings is 1. The van der Waals surface area contributed by atoms with Crippen LogP contribution in [0.3, 0.4) is 0 Å². The molecule has 2 aromatic rings. The predicted octanol–water partition coefficient (Wildman–Crippen LogP) is 3.28. The molecule has 0 amide bonds. The van der Waals surface area contributed by atoms with Gasteiger partial charge in [-0.05, 0) is 17.9 Å². The number of nitrogen functional groups attached to an aromatic ring is 1. The van der Waals surface area contributed by atoms with E-state index in [1.807, 2.05) is 18.5 Å². The summed E-state index contributed by atoms with van der Waals surface area (Å²) in [5, 5.41) is 0. The number of hydrogen-bond donors (Lipinski definition) is 1. The summed E-state index contributed by atoms with van der Waals surface area (Å²) < 4.78 is 1.93. The van der Waals surface area contributed by atoms with E-state index in [2.05, 4.69) is 50.0 Å². The van der Waals surface area contributed by atoms with Crippen molar-refractivity contribution in [2.75, 3.05) is 5.73 Å². The van der Waals surface area contributed by atoms with Gasteiger partial charge >= 0.3 is 0 Å². The van der Waals surface area contributed by atoms with Gasteiger partial charge in [0.2, 0.25) is 5.95 Å². The van der Waals surface area contributed by atoms with Crippen LogP contribution in [0.25, 0.3) is 11.3 Å². The van der Waals surface area contributed by atoms with Gasteiger partial charge in [0.05, 0.1) is 11.4 Å². The highest BCUT2D eigenvalue weighted by Crippen LogP contribution is 2.28. The van der Waals surface area contributed by atoms with Gasteiger partial charge in [0.25, 0.3) is 0 Å². The van der Waals surface area contributed by atoms with E-state index in [0.717, 1.165) is 17.0 Å². The van der Waals surface area contributed by atoms with E-state index in [1.54, 1.807) is 0 Å². The summed E-state index contributed by atoms with van der Waals surface area (Å²) in [6.45, 7) is 8.64. The number of benzene rings is 1. The third kappa shape index (κ3) is 2.13. The monoisotopic (exact) mass is 243 g/mol. The summed E-state index contributed by atoms with van der Waals surface area (Å²) in [7, 11) is 1.95. The summed E-state index contributed by atoms with van der Waals surface area (Å²) in [5.74, 6) is 0.558. The van der Waals surface area contributed by atoms with Crippen molar-refractivity contribution in [3.05, 3.63) is 35.5 Å². The van der Waals surface area contributed by atoms with Gasteiger partial charge in [-0.3, -0.25) is 0 Å². The first-order valence-corrected chi connectivity index (χ1v) is 6.20. The summed E-state index contributed by atoms with van der Waals surface area (Å²) in [6, 6.07) is 8.64. The zero-order chi connectivity index (χ0) is 13.5. The van der Waals surface area contributed by atoms with Gasteiger partial charge < -0.3 is 10.3 Å². The Kier molecular flexibility index (Phi) is 2.93. The minimum Gasteiger partial charge on any atom is -0.369 e. The fourth-order valence-corrected chi connectivity index (χ4v) is 2.19. The highest BCUT2D eigenvalue weighted by atomic mass is 15.1. The highest BCUT2D eigenvalue weighted by Gasteiger charge is 2.15. The summed E-state index contributed by atoms with van der Waals surface area (Å²) >= 11 is 0. The Bertz CT molecular complexity index is 557. The van der Waals surface area contributed by atoms with Crippen LogP contribution in [0.5, 0.6) is 0 Å². The maximum absolute atomic E-state index is 5.83. The molecule has 3 heteroatoms. The lowest BCUT2D eigenvalue weighted by molar-refractivity contribution is 0.590. The average molecular weight is 243 g/mol. The van der Waals surface area contributed by atoms with E-state index in [0.29, 0.717) is 5.95 Å². The molecule has 0 radical (unpaired) electrons. The fourth-order valence-electron chi connectivity index (χ4n) is 2.19. The second-order valence-electron chi connectivity index (χ2n) is 5.79.